The van der Waals surface area contributed by atoms with E-state index in [2.05, 4.69) is 15.4 Å². The zero-order chi connectivity index (χ0) is 32.6. The number of para-hydroxylation sites is 2. The summed E-state index contributed by atoms with van der Waals surface area (Å²) in [5, 5.41) is 16.9. The molecule has 4 aromatic carbocycles. The van der Waals surface area contributed by atoms with Crippen LogP contribution in [0, 0.1) is 5.82 Å². The third-order valence-corrected chi connectivity index (χ3v) is 7.71. The quantitative estimate of drug-likeness (QED) is 0.170. The first kappa shape index (κ1) is 33.4. The average molecular weight is 646 g/mol. The molecule has 4 rings (SSSR count). The molecule has 0 saturated heterocycles. The first-order valence-corrected chi connectivity index (χ1v) is 15.6. The Morgan fingerprint density at radius 2 is 1.53 bits per heavy atom. The molecule has 0 aliphatic heterocycles. The SMILES string of the molecule is CS(=O)(=O)N(c1ccccc1)c1c(F)cccc1C(=O)N[C@@H](Cc1ccccc1)[C@H](O)CNCc1cccc(OC(F)(F)F)c1. The number of carbonyl (C=O) groups excluding carboxylic acids is 1. The molecule has 45 heavy (non-hydrogen) atoms. The Morgan fingerprint density at radius 1 is 0.911 bits per heavy atom. The molecule has 0 saturated carbocycles. The summed E-state index contributed by atoms with van der Waals surface area (Å²) in [4.78, 5) is 13.7. The summed E-state index contributed by atoms with van der Waals surface area (Å²) < 4.78 is 83.6. The van der Waals surface area contributed by atoms with Gasteiger partial charge in [0.05, 0.1) is 29.7 Å². The molecule has 0 aliphatic rings. The normalized spacial score (nSPS) is 13.1. The van der Waals surface area contributed by atoms with Crippen LogP contribution in [0.5, 0.6) is 5.75 Å². The number of rotatable bonds is 13. The molecule has 0 fully saturated rings. The second kappa shape index (κ2) is 14.5. The summed E-state index contributed by atoms with van der Waals surface area (Å²) in [7, 11) is -4.11. The monoisotopic (exact) mass is 645 g/mol. The molecule has 2 atom stereocenters. The van der Waals surface area contributed by atoms with Gasteiger partial charge in [-0.2, -0.15) is 0 Å². The molecule has 0 heterocycles. The number of sulfonamides is 1. The molecule has 0 unspecified atom stereocenters. The minimum atomic E-state index is -4.84. The molecule has 238 valence electrons. The maximum Gasteiger partial charge on any atom is 0.573 e. The lowest BCUT2D eigenvalue weighted by Gasteiger charge is -2.28. The standard InChI is InChI=1S/C32H31F4N3O5S/c1-45(42,43)39(24-13-6-3-7-14-24)30-26(16-9-17-27(30)33)31(41)38-28(19-22-10-4-2-5-11-22)29(40)21-37-20-23-12-8-15-25(18-23)44-32(34,35)36/h2-18,28-29,37,40H,19-21H2,1H3,(H,38,41)/t28-,29+/m0/s1. The number of hydrogen-bond acceptors (Lipinski definition) is 6. The van der Waals surface area contributed by atoms with Crippen LogP contribution in [0.25, 0.3) is 0 Å². The van der Waals surface area contributed by atoms with Gasteiger partial charge in [0.15, 0.2) is 0 Å². The van der Waals surface area contributed by atoms with Crippen molar-refractivity contribution in [2.24, 2.45) is 0 Å². The minimum Gasteiger partial charge on any atom is -0.406 e. The predicted molar refractivity (Wildman–Crippen MR) is 162 cm³/mol. The van der Waals surface area contributed by atoms with E-state index in [0.717, 1.165) is 22.2 Å². The Bertz CT molecular complexity index is 1690. The van der Waals surface area contributed by atoms with Crippen molar-refractivity contribution in [3.8, 4) is 5.75 Å². The van der Waals surface area contributed by atoms with E-state index in [0.29, 0.717) is 5.56 Å². The van der Waals surface area contributed by atoms with E-state index in [4.69, 9.17) is 0 Å². The van der Waals surface area contributed by atoms with Crippen molar-refractivity contribution in [2.75, 3.05) is 17.1 Å². The van der Waals surface area contributed by atoms with Crippen LogP contribution in [0.3, 0.4) is 0 Å². The maximum absolute atomic E-state index is 15.3. The van der Waals surface area contributed by atoms with Crippen molar-refractivity contribution >= 4 is 27.3 Å². The summed E-state index contributed by atoms with van der Waals surface area (Å²) in [6, 6.07) is 24.7. The Kier molecular flexibility index (Phi) is 10.8. The number of nitrogens with zero attached hydrogens (tertiary/aromatic N) is 1. The third kappa shape index (κ3) is 9.51. The summed E-state index contributed by atoms with van der Waals surface area (Å²) >= 11 is 0. The highest BCUT2D eigenvalue weighted by molar-refractivity contribution is 7.92. The molecular formula is C32H31F4N3O5S. The van der Waals surface area contributed by atoms with E-state index < -0.39 is 45.9 Å². The van der Waals surface area contributed by atoms with E-state index in [-0.39, 0.29) is 36.5 Å². The Labute approximate surface area is 258 Å². The topological polar surface area (TPSA) is 108 Å². The van der Waals surface area contributed by atoms with Crippen molar-refractivity contribution in [1.82, 2.24) is 10.6 Å². The number of carbonyl (C=O) groups is 1. The molecule has 8 nitrogen and oxygen atoms in total. The van der Waals surface area contributed by atoms with E-state index in [1.54, 1.807) is 54.6 Å². The van der Waals surface area contributed by atoms with Crippen LogP contribution in [0.1, 0.15) is 21.5 Å². The smallest absolute Gasteiger partial charge is 0.406 e. The number of benzene rings is 4. The molecule has 0 radical (unpaired) electrons. The van der Waals surface area contributed by atoms with Gasteiger partial charge in [-0.3, -0.25) is 4.79 Å². The number of aliphatic hydroxyl groups is 1. The first-order valence-electron chi connectivity index (χ1n) is 13.7. The minimum absolute atomic E-state index is 0.0760. The summed E-state index contributed by atoms with van der Waals surface area (Å²) in [6.07, 6.45) is -5.01. The second-order valence-corrected chi connectivity index (χ2v) is 12.0. The average Bonchev–Trinajstić information content (AvgIpc) is 2.97. The van der Waals surface area contributed by atoms with Gasteiger partial charge >= 0.3 is 6.36 Å². The molecule has 1 amide bonds. The van der Waals surface area contributed by atoms with E-state index in [1.807, 2.05) is 0 Å². The van der Waals surface area contributed by atoms with Crippen molar-refractivity contribution in [3.63, 3.8) is 0 Å². The Balaban J connectivity index is 1.57. The molecule has 0 aromatic heterocycles. The zero-order valence-electron chi connectivity index (χ0n) is 24.0. The lowest BCUT2D eigenvalue weighted by molar-refractivity contribution is -0.274. The highest BCUT2D eigenvalue weighted by Gasteiger charge is 2.32. The van der Waals surface area contributed by atoms with E-state index in [9.17, 15) is 31.5 Å². The van der Waals surface area contributed by atoms with Gasteiger partial charge in [-0.05, 0) is 53.9 Å². The van der Waals surface area contributed by atoms with Gasteiger partial charge < -0.3 is 20.5 Å². The van der Waals surface area contributed by atoms with Crippen LogP contribution < -0.4 is 19.7 Å². The number of alkyl halides is 3. The van der Waals surface area contributed by atoms with Crippen molar-refractivity contribution in [3.05, 3.63) is 126 Å². The molecular weight excluding hydrogens is 614 g/mol. The highest BCUT2D eigenvalue weighted by Crippen LogP contribution is 2.34. The van der Waals surface area contributed by atoms with Gasteiger partial charge in [0.1, 0.15) is 17.3 Å². The fourth-order valence-electron chi connectivity index (χ4n) is 4.71. The van der Waals surface area contributed by atoms with Crippen LogP contribution in [0.4, 0.5) is 28.9 Å². The van der Waals surface area contributed by atoms with Gasteiger partial charge in [0, 0.05) is 13.1 Å². The van der Waals surface area contributed by atoms with E-state index >= 15 is 4.39 Å². The first-order chi connectivity index (χ1) is 21.3. The van der Waals surface area contributed by atoms with Crippen LogP contribution in [0.2, 0.25) is 0 Å². The summed E-state index contributed by atoms with van der Waals surface area (Å²) in [5.41, 5.74) is 0.591. The number of anilines is 2. The molecule has 0 spiro atoms. The molecule has 13 heteroatoms. The lowest BCUT2D eigenvalue weighted by atomic mass is 10.00. The van der Waals surface area contributed by atoms with Gasteiger partial charge in [0.2, 0.25) is 10.0 Å². The molecule has 4 aromatic rings. The Morgan fingerprint density at radius 3 is 2.18 bits per heavy atom. The fraction of sp³-hybridized carbons (Fsp3) is 0.219. The van der Waals surface area contributed by atoms with Crippen molar-refractivity contribution in [2.45, 2.75) is 31.5 Å². The maximum atomic E-state index is 15.3. The fourth-order valence-corrected chi connectivity index (χ4v) is 5.73. The number of nitrogens with one attached hydrogen (secondary N) is 2. The van der Waals surface area contributed by atoms with Crippen molar-refractivity contribution in [1.29, 1.82) is 0 Å². The largest absolute Gasteiger partial charge is 0.573 e. The van der Waals surface area contributed by atoms with Crippen molar-refractivity contribution < 1.29 is 40.6 Å². The van der Waals surface area contributed by atoms with Gasteiger partial charge in [-0.1, -0.05) is 66.7 Å². The number of aliphatic hydroxyl groups excluding tert-OH is 1. The molecule has 0 bridgehead atoms. The number of amides is 1. The van der Waals surface area contributed by atoms with Crippen LogP contribution in [0.15, 0.2) is 103 Å². The molecule has 3 N–H and O–H groups in total. The van der Waals surface area contributed by atoms with Crippen LogP contribution >= 0.6 is 0 Å². The van der Waals surface area contributed by atoms with Gasteiger partial charge in [0.25, 0.3) is 5.91 Å². The lowest BCUT2D eigenvalue weighted by Crippen LogP contribution is -2.49. The second-order valence-electron chi connectivity index (χ2n) is 10.2. The zero-order valence-corrected chi connectivity index (χ0v) is 24.9. The predicted octanol–water partition coefficient (Wildman–Crippen LogP) is 5.31. The Hall–Kier alpha value is -4.46. The number of ether oxygens (including phenoxy) is 1. The van der Waals surface area contributed by atoms with Gasteiger partial charge in [-0.25, -0.2) is 17.1 Å². The number of hydrogen-bond donors (Lipinski definition) is 3. The van der Waals surface area contributed by atoms with E-state index in [1.165, 1.54) is 42.5 Å². The number of halogens is 4. The van der Waals surface area contributed by atoms with Crippen LogP contribution in [-0.2, 0) is 23.0 Å². The third-order valence-electron chi connectivity index (χ3n) is 6.65. The highest BCUT2D eigenvalue weighted by atomic mass is 32.2. The molecule has 0 aliphatic carbocycles. The van der Waals surface area contributed by atoms with Gasteiger partial charge in [-0.15, -0.1) is 13.2 Å². The summed E-state index contributed by atoms with van der Waals surface area (Å²) in [5.74, 6) is -2.16. The van der Waals surface area contributed by atoms with Crippen LogP contribution in [-0.4, -0.2) is 50.7 Å². The summed E-state index contributed by atoms with van der Waals surface area (Å²) in [6.45, 7) is -0.00974.